The van der Waals surface area contributed by atoms with Gasteiger partial charge in [-0.1, -0.05) is 18.2 Å². The smallest absolute Gasteiger partial charge is 0.343 e. The van der Waals surface area contributed by atoms with Gasteiger partial charge in [-0.25, -0.2) is 9.78 Å². The number of rotatable bonds is 9. The summed E-state index contributed by atoms with van der Waals surface area (Å²) in [7, 11) is 0. The Morgan fingerprint density at radius 1 is 0.848 bits per heavy atom. The lowest BCUT2D eigenvalue weighted by atomic mass is 10.1. The monoisotopic (exact) mass is 447 g/mol. The van der Waals surface area contributed by atoms with Crippen molar-refractivity contribution in [2.24, 2.45) is 0 Å². The summed E-state index contributed by atoms with van der Waals surface area (Å²) in [6, 6.07) is 17.9. The van der Waals surface area contributed by atoms with Crippen molar-refractivity contribution in [2.75, 3.05) is 19.8 Å². The molecule has 4 rings (SSSR count). The van der Waals surface area contributed by atoms with Crippen LogP contribution in [0.5, 0.6) is 23.0 Å². The first kappa shape index (κ1) is 22.2. The van der Waals surface area contributed by atoms with Gasteiger partial charge in [-0.15, -0.1) is 0 Å². The summed E-state index contributed by atoms with van der Waals surface area (Å²) in [4.78, 5) is 17.4. The molecule has 0 atom stereocenters. The van der Waals surface area contributed by atoms with Crippen LogP contribution in [0.2, 0.25) is 0 Å². The number of esters is 1. The molecule has 7 nitrogen and oxygen atoms in total. The Balaban J connectivity index is 1.61. The van der Waals surface area contributed by atoms with Gasteiger partial charge in [0, 0.05) is 11.6 Å². The van der Waals surface area contributed by atoms with Crippen LogP contribution >= 0.6 is 0 Å². The number of fused-ring (bicyclic) bond motifs is 1. The number of ether oxygens (including phenoxy) is 4. The molecule has 0 amide bonds. The zero-order valence-electron chi connectivity index (χ0n) is 18.8. The summed E-state index contributed by atoms with van der Waals surface area (Å²) < 4.78 is 28.5. The Labute approximate surface area is 191 Å². The molecular formula is C26H25NO6. The van der Waals surface area contributed by atoms with E-state index in [9.17, 15) is 4.79 Å². The second-order valence-electron chi connectivity index (χ2n) is 7.00. The van der Waals surface area contributed by atoms with E-state index in [1.165, 1.54) is 0 Å². The van der Waals surface area contributed by atoms with Gasteiger partial charge in [-0.3, -0.25) is 0 Å². The molecule has 0 unspecified atom stereocenters. The summed E-state index contributed by atoms with van der Waals surface area (Å²) in [5.74, 6) is 1.61. The number of carbonyl (C=O) groups is 1. The molecule has 170 valence electrons. The van der Waals surface area contributed by atoms with Crippen molar-refractivity contribution in [1.82, 2.24) is 4.98 Å². The number of hydrogen-bond acceptors (Lipinski definition) is 7. The predicted molar refractivity (Wildman–Crippen MR) is 124 cm³/mol. The number of benzene rings is 3. The molecule has 0 radical (unpaired) electrons. The van der Waals surface area contributed by atoms with Crippen LogP contribution in [-0.2, 0) is 0 Å². The minimum Gasteiger partial charge on any atom is -0.490 e. The molecule has 1 aromatic heterocycles. The minimum absolute atomic E-state index is 0.285. The lowest BCUT2D eigenvalue weighted by molar-refractivity contribution is 0.0733. The first-order chi connectivity index (χ1) is 16.1. The van der Waals surface area contributed by atoms with Gasteiger partial charge in [0.05, 0.1) is 25.4 Å². The van der Waals surface area contributed by atoms with Crippen molar-refractivity contribution in [3.05, 3.63) is 66.2 Å². The molecule has 0 N–H and O–H groups in total. The maximum atomic E-state index is 12.9. The lowest BCUT2D eigenvalue weighted by Gasteiger charge is -2.16. The summed E-state index contributed by atoms with van der Waals surface area (Å²) in [6.45, 7) is 6.85. The molecule has 0 saturated carbocycles. The summed E-state index contributed by atoms with van der Waals surface area (Å²) in [5, 5.41) is 0. The molecular weight excluding hydrogens is 422 g/mol. The Morgan fingerprint density at radius 3 is 2.15 bits per heavy atom. The van der Waals surface area contributed by atoms with Crippen LogP contribution < -0.4 is 18.9 Å². The summed E-state index contributed by atoms with van der Waals surface area (Å²) in [6.07, 6.45) is 0. The van der Waals surface area contributed by atoms with Crippen LogP contribution in [0.1, 0.15) is 31.1 Å². The van der Waals surface area contributed by atoms with Gasteiger partial charge in [-0.05, 0) is 57.2 Å². The molecule has 0 aliphatic carbocycles. The van der Waals surface area contributed by atoms with E-state index in [1.54, 1.807) is 30.3 Å². The largest absolute Gasteiger partial charge is 0.490 e. The van der Waals surface area contributed by atoms with Gasteiger partial charge in [0.2, 0.25) is 11.6 Å². The number of aromatic nitrogens is 1. The van der Waals surface area contributed by atoms with Crippen molar-refractivity contribution in [1.29, 1.82) is 0 Å². The van der Waals surface area contributed by atoms with E-state index in [0.29, 0.717) is 59.8 Å². The summed E-state index contributed by atoms with van der Waals surface area (Å²) in [5.41, 5.74) is 2.35. The highest BCUT2D eigenvalue weighted by Crippen LogP contribution is 2.39. The fourth-order valence-electron chi connectivity index (χ4n) is 3.35. The van der Waals surface area contributed by atoms with Gasteiger partial charge in [0.15, 0.2) is 17.1 Å². The average Bonchev–Trinajstić information content (AvgIpc) is 3.25. The Kier molecular flexibility index (Phi) is 6.78. The lowest BCUT2D eigenvalue weighted by Crippen LogP contribution is -2.11. The number of carbonyl (C=O) groups excluding carboxylic acids is 1. The Morgan fingerprint density at radius 2 is 1.52 bits per heavy atom. The fourth-order valence-corrected chi connectivity index (χ4v) is 3.35. The van der Waals surface area contributed by atoms with Crippen molar-refractivity contribution in [3.63, 3.8) is 0 Å². The van der Waals surface area contributed by atoms with Crippen molar-refractivity contribution >= 4 is 17.1 Å². The van der Waals surface area contributed by atoms with Crippen LogP contribution in [0, 0.1) is 0 Å². The second kappa shape index (κ2) is 10.1. The van der Waals surface area contributed by atoms with Gasteiger partial charge in [0.25, 0.3) is 0 Å². The first-order valence-corrected chi connectivity index (χ1v) is 10.9. The molecule has 0 spiro atoms. The quantitative estimate of drug-likeness (QED) is 0.233. The molecule has 0 aliphatic heterocycles. The zero-order valence-corrected chi connectivity index (χ0v) is 18.8. The highest BCUT2D eigenvalue weighted by molar-refractivity contribution is 5.93. The first-order valence-electron chi connectivity index (χ1n) is 10.9. The highest BCUT2D eigenvalue weighted by atomic mass is 16.5. The van der Waals surface area contributed by atoms with E-state index in [-0.39, 0.29) is 5.56 Å². The van der Waals surface area contributed by atoms with E-state index < -0.39 is 5.97 Å². The molecule has 4 aromatic rings. The Bertz CT molecular complexity index is 1220. The second-order valence-corrected chi connectivity index (χ2v) is 7.00. The van der Waals surface area contributed by atoms with Crippen LogP contribution in [0.25, 0.3) is 22.6 Å². The van der Waals surface area contributed by atoms with E-state index in [4.69, 9.17) is 23.4 Å². The molecule has 33 heavy (non-hydrogen) atoms. The SMILES string of the molecule is CCOc1cc(C(=O)Oc2ccc3nc(-c4ccccc4)oc3c2)cc(OCC)c1OCC. The number of hydrogen-bond donors (Lipinski definition) is 0. The molecule has 0 bridgehead atoms. The third-order valence-corrected chi connectivity index (χ3v) is 4.74. The van der Waals surface area contributed by atoms with E-state index in [1.807, 2.05) is 51.1 Å². The predicted octanol–water partition coefficient (Wildman–Crippen LogP) is 5.91. The Hall–Kier alpha value is -4.00. The third-order valence-electron chi connectivity index (χ3n) is 4.74. The summed E-state index contributed by atoms with van der Waals surface area (Å²) >= 11 is 0. The topological polar surface area (TPSA) is 80.0 Å². The average molecular weight is 447 g/mol. The van der Waals surface area contributed by atoms with E-state index >= 15 is 0 Å². The number of nitrogens with zero attached hydrogens (tertiary/aromatic N) is 1. The van der Waals surface area contributed by atoms with E-state index in [0.717, 1.165) is 5.56 Å². The number of oxazole rings is 1. The minimum atomic E-state index is -0.554. The molecule has 0 aliphatic rings. The standard InChI is InChI=1S/C26H25NO6/c1-4-29-22-14-18(15-23(30-5-2)24(22)31-6-3)26(28)32-19-12-13-20-21(16-19)33-25(27-20)17-10-8-7-9-11-17/h7-16H,4-6H2,1-3H3. The highest BCUT2D eigenvalue weighted by Gasteiger charge is 2.20. The zero-order chi connectivity index (χ0) is 23.2. The van der Waals surface area contributed by atoms with Gasteiger partial charge >= 0.3 is 5.97 Å². The molecule has 7 heteroatoms. The normalized spacial score (nSPS) is 10.8. The molecule has 0 saturated heterocycles. The van der Waals surface area contributed by atoms with Crippen LogP contribution in [0.3, 0.4) is 0 Å². The van der Waals surface area contributed by atoms with E-state index in [2.05, 4.69) is 4.98 Å². The van der Waals surface area contributed by atoms with Gasteiger partial charge < -0.3 is 23.4 Å². The van der Waals surface area contributed by atoms with Crippen molar-refractivity contribution in [2.45, 2.75) is 20.8 Å². The maximum Gasteiger partial charge on any atom is 0.343 e. The third kappa shape index (κ3) is 4.92. The van der Waals surface area contributed by atoms with Gasteiger partial charge in [-0.2, -0.15) is 0 Å². The van der Waals surface area contributed by atoms with Crippen molar-refractivity contribution in [3.8, 4) is 34.5 Å². The fraction of sp³-hybridized carbons (Fsp3) is 0.231. The van der Waals surface area contributed by atoms with Crippen LogP contribution in [0.4, 0.5) is 0 Å². The maximum absolute atomic E-state index is 12.9. The molecule has 3 aromatic carbocycles. The van der Waals surface area contributed by atoms with Crippen LogP contribution in [-0.4, -0.2) is 30.8 Å². The van der Waals surface area contributed by atoms with Gasteiger partial charge in [0.1, 0.15) is 11.3 Å². The molecule has 1 heterocycles. The van der Waals surface area contributed by atoms with Crippen molar-refractivity contribution < 1.29 is 28.2 Å². The molecule has 0 fully saturated rings. The van der Waals surface area contributed by atoms with Crippen LogP contribution in [0.15, 0.2) is 65.1 Å².